The Kier molecular flexibility index (Phi) is 4.96. The van der Waals surface area contributed by atoms with Crippen LogP contribution in [0.3, 0.4) is 0 Å². The summed E-state index contributed by atoms with van der Waals surface area (Å²) in [6.07, 6.45) is 5.31. The number of alkyl halides is 1. The fraction of sp³-hybridized carbons (Fsp3) is 0.619. The van der Waals surface area contributed by atoms with Gasteiger partial charge < -0.3 is 9.80 Å². The molecule has 2 atom stereocenters. The van der Waals surface area contributed by atoms with Crippen LogP contribution in [-0.2, 0) is 11.2 Å². The van der Waals surface area contributed by atoms with E-state index in [1.54, 1.807) is 9.80 Å². The molecule has 26 heavy (non-hydrogen) atoms. The molecular weight excluding hydrogens is 331 g/mol. The first-order valence-electron chi connectivity index (χ1n) is 9.93. The molecule has 2 unspecified atom stereocenters. The van der Waals surface area contributed by atoms with E-state index in [-0.39, 0.29) is 11.8 Å². The van der Waals surface area contributed by atoms with Crippen LogP contribution in [0.4, 0.5) is 4.39 Å². The zero-order valence-electron chi connectivity index (χ0n) is 15.2. The van der Waals surface area contributed by atoms with E-state index < -0.39 is 12.1 Å². The molecule has 2 saturated carbocycles. The van der Waals surface area contributed by atoms with Gasteiger partial charge in [0.2, 0.25) is 5.91 Å². The summed E-state index contributed by atoms with van der Waals surface area (Å²) in [7, 11) is 0. The van der Waals surface area contributed by atoms with Crippen LogP contribution >= 0.6 is 0 Å². The van der Waals surface area contributed by atoms with Crippen molar-refractivity contribution in [3.8, 4) is 0 Å². The third-order valence-electron chi connectivity index (χ3n) is 6.34. The van der Waals surface area contributed by atoms with Crippen molar-refractivity contribution in [3.63, 3.8) is 0 Å². The first-order valence-corrected chi connectivity index (χ1v) is 9.93. The molecule has 1 aromatic rings. The summed E-state index contributed by atoms with van der Waals surface area (Å²) < 4.78 is 13.4. The van der Waals surface area contributed by atoms with E-state index in [2.05, 4.69) is 12.1 Å². The Balaban J connectivity index is 1.29. The van der Waals surface area contributed by atoms with Crippen molar-refractivity contribution < 1.29 is 14.0 Å². The van der Waals surface area contributed by atoms with E-state index in [0.29, 0.717) is 44.6 Å². The van der Waals surface area contributed by atoms with Crippen molar-refractivity contribution >= 4 is 11.8 Å². The van der Waals surface area contributed by atoms with E-state index in [0.717, 1.165) is 12.3 Å². The van der Waals surface area contributed by atoms with Crippen molar-refractivity contribution in [1.82, 2.24) is 9.80 Å². The maximum absolute atomic E-state index is 13.4. The lowest BCUT2D eigenvalue weighted by Crippen LogP contribution is -2.54. The number of amides is 2. The normalized spacial score (nSPS) is 26.2. The summed E-state index contributed by atoms with van der Waals surface area (Å²) in [4.78, 5) is 28.5. The molecule has 0 spiro atoms. The summed E-state index contributed by atoms with van der Waals surface area (Å²) in [6, 6.07) is 8.00. The number of benzene rings is 1. The fourth-order valence-electron chi connectivity index (χ4n) is 4.10. The lowest BCUT2D eigenvalue weighted by atomic mass is 9.81. The van der Waals surface area contributed by atoms with Crippen molar-refractivity contribution in [3.05, 3.63) is 35.4 Å². The van der Waals surface area contributed by atoms with Crippen molar-refractivity contribution in [2.75, 3.05) is 26.2 Å². The molecule has 0 bridgehead atoms. The van der Waals surface area contributed by atoms with Gasteiger partial charge in [0.05, 0.1) is 5.92 Å². The van der Waals surface area contributed by atoms with Gasteiger partial charge in [0.25, 0.3) is 5.91 Å². The molecule has 1 heterocycles. The molecule has 4 rings (SSSR count). The Hall–Kier alpha value is -1.91. The second kappa shape index (κ2) is 7.37. The van der Waals surface area contributed by atoms with E-state index in [1.165, 1.54) is 24.8 Å². The van der Waals surface area contributed by atoms with Crippen LogP contribution < -0.4 is 0 Å². The second-order valence-electron chi connectivity index (χ2n) is 8.02. The zero-order chi connectivity index (χ0) is 18.1. The monoisotopic (exact) mass is 358 g/mol. The van der Waals surface area contributed by atoms with Gasteiger partial charge in [0.1, 0.15) is 6.17 Å². The van der Waals surface area contributed by atoms with E-state index in [9.17, 15) is 14.0 Å². The first-order chi connectivity index (χ1) is 12.6. The number of nitrogens with zero attached hydrogens (tertiary/aromatic N) is 2. The highest BCUT2D eigenvalue weighted by Gasteiger charge is 2.40. The molecule has 3 aliphatic rings. The van der Waals surface area contributed by atoms with Crippen molar-refractivity contribution in [2.45, 2.75) is 44.7 Å². The molecule has 3 fully saturated rings. The number of carbonyl (C=O) groups excluding carboxylic acids is 2. The van der Waals surface area contributed by atoms with Gasteiger partial charge in [-0.05, 0) is 42.9 Å². The zero-order valence-corrected chi connectivity index (χ0v) is 15.2. The number of piperazine rings is 1. The summed E-state index contributed by atoms with van der Waals surface area (Å²) in [6.45, 7) is 2.07. The van der Waals surface area contributed by atoms with E-state index >= 15 is 0 Å². The van der Waals surface area contributed by atoms with Crippen LogP contribution in [0.5, 0.6) is 0 Å². The highest BCUT2D eigenvalue weighted by molar-refractivity contribution is 5.94. The Bertz CT molecular complexity index is 663. The lowest BCUT2D eigenvalue weighted by Gasteiger charge is -2.39. The lowest BCUT2D eigenvalue weighted by molar-refractivity contribution is -0.143. The van der Waals surface area contributed by atoms with Gasteiger partial charge in [-0.1, -0.05) is 31.4 Å². The van der Waals surface area contributed by atoms with Crippen molar-refractivity contribution in [1.29, 1.82) is 0 Å². The number of carbonyl (C=O) groups is 2. The highest BCUT2D eigenvalue weighted by atomic mass is 19.1. The molecule has 0 N–H and O–H groups in total. The molecular formula is C21H27FN2O2. The molecule has 1 aliphatic heterocycles. The molecule has 2 aliphatic carbocycles. The third kappa shape index (κ3) is 3.49. The average molecular weight is 358 g/mol. The van der Waals surface area contributed by atoms with E-state index in [4.69, 9.17) is 0 Å². The molecule has 1 saturated heterocycles. The van der Waals surface area contributed by atoms with Crippen molar-refractivity contribution in [2.24, 2.45) is 11.8 Å². The predicted molar refractivity (Wildman–Crippen MR) is 97.6 cm³/mol. The van der Waals surface area contributed by atoms with Gasteiger partial charge in [-0.15, -0.1) is 0 Å². The molecule has 2 amide bonds. The topological polar surface area (TPSA) is 40.6 Å². The predicted octanol–water partition coefficient (Wildman–Crippen LogP) is 3.06. The highest BCUT2D eigenvalue weighted by Crippen LogP contribution is 2.32. The molecule has 140 valence electrons. The molecule has 1 aromatic carbocycles. The van der Waals surface area contributed by atoms with Gasteiger partial charge in [-0.3, -0.25) is 9.59 Å². The van der Waals surface area contributed by atoms with Gasteiger partial charge in [0, 0.05) is 31.7 Å². The minimum absolute atomic E-state index is 0.0271. The smallest absolute Gasteiger partial charge is 0.253 e. The van der Waals surface area contributed by atoms with Gasteiger partial charge >= 0.3 is 0 Å². The standard InChI is InChI=1S/C21H27FN2O2/c22-19-9-8-18(19)21(26)24-12-10-23(11-13-24)20(25)17-6-4-16(5-7-17)14-15-2-1-3-15/h4-7,15,18-19H,1-3,8-14H2. The number of rotatable bonds is 4. The average Bonchev–Trinajstić information content (AvgIpc) is 2.63. The molecule has 0 radical (unpaired) electrons. The number of halogens is 1. The Labute approximate surface area is 154 Å². The Morgan fingerprint density at radius 3 is 2.08 bits per heavy atom. The summed E-state index contributed by atoms with van der Waals surface area (Å²) in [5, 5.41) is 0. The van der Waals surface area contributed by atoms with Crippen LogP contribution in [0.25, 0.3) is 0 Å². The minimum Gasteiger partial charge on any atom is -0.339 e. The summed E-state index contributed by atoms with van der Waals surface area (Å²) in [5.74, 6) is 0.331. The second-order valence-corrected chi connectivity index (χ2v) is 8.02. The third-order valence-corrected chi connectivity index (χ3v) is 6.34. The fourth-order valence-corrected chi connectivity index (χ4v) is 4.10. The summed E-state index contributed by atoms with van der Waals surface area (Å²) >= 11 is 0. The molecule has 0 aromatic heterocycles. The van der Waals surface area contributed by atoms with Gasteiger partial charge in [-0.2, -0.15) is 0 Å². The quantitative estimate of drug-likeness (QED) is 0.830. The van der Waals surface area contributed by atoms with E-state index in [1.807, 2.05) is 12.1 Å². The van der Waals surface area contributed by atoms with Crippen LogP contribution in [0.15, 0.2) is 24.3 Å². The summed E-state index contributed by atoms with van der Waals surface area (Å²) in [5.41, 5.74) is 2.02. The van der Waals surface area contributed by atoms with Gasteiger partial charge in [-0.25, -0.2) is 4.39 Å². The number of hydrogen-bond acceptors (Lipinski definition) is 2. The van der Waals surface area contributed by atoms with Gasteiger partial charge in [0.15, 0.2) is 0 Å². The molecule has 4 nitrogen and oxygen atoms in total. The Morgan fingerprint density at radius 2 is 1.58 bits per heavy atom. The SMILES string of the molecule is O=C(c1ccc(CC2CCC2)cc1)N1CCN(C(=O)C2CCC2F)CC1. The minimum atomic E-state index is -0.972. The Morgan fingerprint density at radius 1 is 0.923 bits per heavy atom. The first kappa shape index (κ1) is 17.5. The largest absolute Gasteiger partial charge is 0.339 e. The van der Waals surface area contributed by atoms with Crippen LogP contribution in [-0.4, -0.2) is 54.0 Å². The van der Waals surface area contributed by atoms with Crippen LogP contribution in [0, 0.1) is 11.8 Å². The maximum atomic E-state index is 13.4. The number of hydrogen-bond donors (Lipinski definition) is 0. The molecule has 5 heteroatoms. The van der Waals surface area contributed by atoms with Crippen LogP contribution in [0.2, 0.25) is 0 Å². The van der Waals surface area contributed by atoms with Crippen LogP contribution in [0.1, 0.15) is 48.0 Å². The maximum Gasteiger partial charge on any atom is 0.253 e.